The Bertz CT molecular complexity index is 179. The number of nitrogens with one attached hydrogen (secondary N) is 1. The van der Waals surface area contributed by atoms with E-state index < -0.39 is 11.9 Å². The lowest BCUT2D eigenvalue weighted by molar-refractivity contribution is -0.139. The predicted octanol–water partition coefficient (Wildman–Crippen LogP) is 0.617. The van der Waals surface area contributed by atoms with Gasteiger partial charge in [-0.15, -0.1) is 0 Å². The van der Waals surface area contributed by atoms with Crippen LogP contribution in [0.4, 0.5) is 0 Å². The third kappa shape index (κ3) is 25.2. The van der Waals surface area contributed by atoms with Crippen LogP contribution in [0.2, 0.25) is 0 Å². The van der Waals surface area contributed by atoms with E-state index >= 15 is 0 Å². The third-order valence-electron chi connectivity index (χ3n) is 1.03. The van der Waals surface area contributed by atoms with Crippen LogP contribution < -0.4 is 0 Å². The average molecular weight is 189 g/mol. The maximum atomic E-state index is 9.90. The summed E-state index contributed by atoms with van der Waals surface area (Å²) >= 11 is 0. The zero-order chi connectivity index (χ0) is 10.7. The van der Waals surface area contributed by atoms with E-state index in [2.05, 4.69) is 0 Å². The standard InChI is InChI=1S/C6H10O4.CHNO/c7-5(8)3-1-2-4-6(9)10;2-1-3/h1-4H2,(H,7,8)(H,9,10);2H. The minimum atomic E-state index is -0.870. The third-order valence-corrected chi connectivity index (χ3v) is 1.03. The summed E-state index contributed by atoms with van der Waals surface area (Å²) in [5, 5.41) is 21.7. The van der Waals surface area contributed by atoms with E-state index in [-0.39, 0.29) is 12.8 Å². The molecule has 0 aromatic carbocycles. The molecule has 0 aliphatic rings. The van der Waals surface area contributed by atoms with Crippen molar-refractivity contribution in [3.63, 3.8) is 0 Å². The van der Waals surface area contributed by atoms with Crippen molar-refractivity contribution in [3.05, 3.63) is 0 Å². The van der Waals surface area contributed by atoms with Gasteiger partial charge in [0.1, 0.15) is 0 Å². The summed E-state index contributed by atoms with van der Waals surface area (Å²) in [5.74, 6) is -1.74. The van der Waals surface area contributed by atoms with E-state index in [9.17, 15) is 9.59 Å². The van der Waals surface area contributed by atoms with Gasteiger partial charge < -0.3 is 10.2 Å². The Morgan fingerprint density at radius 1 is 1.08 bits per heavy atom. The summed E-state index contributed by atoms with van der Waals surface area (Å²) in [6.45, 7) is 0. The van der Waals surface area contributed by atoms with Crippen molar-refractivity contribution in [2.75, 3.05) is 0 Å². The van der Waals surface area contributed by atoms with Crippen LogP contribution in [-0.2, 0) is 14.4 Å². The van der Waals surface area contributed by atoms with Crippen molar-refractivity contribution in [2.45, 2.75) is 25.7 Å². The second kappa shape index (κ2) is 10.3. The number of hydrogen-bond acceptors (Lipinski definition) is 4. The molecule has 0 saturated heterocycles. The van der Waals surface area contributed by atoms with E-state index in [4.69, 9.17) is 20.4 Å². The van der Waals surface area contributed by atoms with E-state index in [0.717, 1.165) is 6.08 Å². The molecular formula is C7H11NO5. The van der Waals surface area contributed by atoms with E-state index in [1.165, 1.54) is 0 Å². The lowest BCUT2D eigenvalue weighted by Crippen LogP contribution is -1.97. The van der Waals surface area contributed by atoms with Crippen LogP contribution in [-0.4, -0.2) is 28.2 Å². The number of rotatable bonds is 5. The van der Waals surface area contributed by atoms with Gasteiger partial charge in [0.2, 0.25) is 6.08 Å². The molecule has 0 saturated carbocycles. The molecule has 0 aliphatic heterocycles. The minimum absolute atomic E-state index is 0.0628. The summed E-state index contributed by atoms with van der Waals surface area (Å²) in [6, 6.07) is 0. The number of hydrogen-bond donors (Lipinski definition) is 3. The van der Waals surface area contributed by atoms with Gasteiger partial charge in [0.15, 0.2) is 0 Å². The van der Waals surface area contributed by atoms with Crippen molar-refractivity contribution in [1.29, 1.82) is 5.41 Å². The number of carboxylic acid groups (broad SMARTS) is 2. The van der Waals surface area contributed by atoms with Gasteiger partial charge in [-0.05, 0) is 12.8 Å². The van der Waals surface area contributed by atoms with Gasteiger partial charge in [0.25, 0.3) is 0 Å². The van der Waals surface area contributed by atoms with Crippen molar-refractivity contribution >= 4 is 18.0 Å². The Morgan fingerprint density at radius 2 is 1.31 bits per heavy atom. The second-order valence-electron chi connectivity index (χ2n) is 2.10. The molecule has 0 aromatic rings. The first kappa shape index (κ1) is 13.9. The number of carbonyl (C=O) groups is 2. The molecule has 74 valence electrons. The molecular weight excluding hydrogens is 178 g/mol. The number of carbonyl (C=O) groups excluding carboxylic acids is 1. The molecule has 0 aromatic heterocycles. The highest BCUT2D eigenvalue weighted by molar-refractivity contribution is 5.67. The van der Waals surface area contributed by atoms with Crippen LogP contribution in [0.3, 0.4) is 0 Å². The van der Waals surface area contributed by atoms with Gasteiger partial charge in [-0.25, -0.2) is 10.2 Å². The summed E-state index contributed by atoms with van der Waals surface area (Å²) in [5.41, 5.74) is 0. The smallest absolute Gasteiger partial charge is 0.303 e. The van der Waals surface area contributed by atoms with E-state index in [1.54, 1.807) is 0 Å². The fraction of sp³-hybridized carbons (Fsp3) is 0.571. The molecule has 0 atom stereocenters. The SMILES string of the molecule is N=C=O.O=C(O)CCCCC(=O)O. The minimum Gasteiger partial charge on any atom is -0.481 e. The molecule has 6 heteroatoms. The summed E-state index contributed by atoms with van der Waals surface area (Å²) in [6.07, 6.45) is 1.77. The van der Waals surface area contributed by atoms with Gasteiger partial charge in [0.05, 0.1) is 0 Å². The lowest BCUT2D eigenvalue weighted by atomic mass is 10.2. The zero-order valence-electron chi connectivity index (χ0n) is 6.95. The highest BCUT2D eigenvalue weighted by Crippen LogP contribution is 1.98. The first-order valence-electron chi connectivity index (χ1n) is 3.52. The normalized spacial score (nSPS) is 7.69. The highest BCUT2D eigenvalue weighted by Gasteiger charge is 1.99. The van der Waals surface area contributed by atoms with Gasteiger partial charge >= 0.3 is 11.9 Å². The molecule has 0 unspecified atom stereocenters. The first-order valence-corrected chi connectivity index (χ1v) is 3.52. The molecule has 13 heavy (non-hydrogen) atoms. The Hall–Kier alpha value is -1.68. The van der Waals surface area contributed by atoms with Crippen LogP contribution in [0.5, 0.6) is 0 Å². The first-order chi connectivity index (χ1) is 6.04. The van der Waals surface area contributed by atoms with Gasteiger partial charge in [-0.1, -0.05) is 0 Å². The summed E-state index contributed by atoms with van der Waals surface area (Å²) < 4.78 is 0. The fourth-order valence-corrected chi connectivity index (χ4v) is 0.552. The summed E-state index contributed by atoms with van der Waals surface area (Å²) in [7, 11) is 0. The topological polar surface area (TPSA) is 116 Å². The summed E-state index contributed by atoms with van der Waals surface area (Å²) in [4.78, 5) is 28.1. The largest absolute Gasteiger partial charge is 0.481 e. The molecule has 0 radical (unpaired) electrons. The molecule has 0 fully saturated rings. The zero-order valence-corrected chi connectivity index (χ0v) is 6.95. The molecule has 0 heterocycles. The molecule has 0 spiro atoms. The van der Waals surface area contributed by atoms with E-state index in [0.29, 0.717) is 12.8 Å². The van der Waals surface area contributed by atoms with Crippen molar-refractivity contribution in [1.82, 2.24) is 0 Å². The molecule has 3 N–H and O–H groups in total. The number of carboxylic acids is 2. The fourth-order valence-electron chi connectivity index (χ4n) is 0.552. The maximum absolute atomic E-state index is 9.90. The monoisotopic (exact) mass is 189 g/mol. The highest BCUT2D eigenvalue weighted by atomic mass is 16.4. The van der Waals surface area contributed by atoms with Crippen molar-refractivity contribution in [3.8, 4) is 0 Å². The molecule has 0 amide bonds. The lowest BCUT2D eigenvalue weighted by Gasteiger charge is -1.92. The van der Waals surface area contributed by atoms with Crippen LogP contribution in [0.1, 0.15) is 25.7 Å². The quantitative estimate of drug-likeness (QED) is 0.333. The second-order valence-corrected chi connectivity index (χ2v) is 2.10. The predicted molar refractivity (Wildman–Crippen MR) is 42.2 cm³/mol. The average Bonchev–Trinajstić information content (AvgIpc) is 1.99. The molecule has 0 rings (SSSR count). The van der Waals surface area contributed by atoms with Crippen LogP contribution in [0, 0.1) is 5.41 Å². The Labute approximate surface area is 74.7 Å². The molecule has 0 bridgehead atoms. The van der Waals surface area contributed by atoms with Gasteiger partial charge in [0, 0.05) is 12.8 Å². The Balaban J connectivity index is 0. The number of unbranched alkanes of at least 4 members (excludes halogenated alkanes) is 1. The molecule has 6 nitrogen and oxygen atoms in total. The molecule has 0 aliphatic carbocycles. The Morgan fingerprint density at radius 3 is 1.46 bits per heavy atom. The van der Waals surface area contributed by atoms with Crippen LogP contribution in [0.15, 0.2) is 0 Å². The van der Waals surface area contributed by atoms with Crippen LogP contribution >= 0.6 is 0 Å². The van der Waals surface area contributed by atoms with Gasteiger partial charge in [-0.2, -0.15) is 0 Å². The Kier molecular flexibility index (Phi) is 11.0. The van der Waals surface area contributed by atoms with Gasteiger partial charge in [-0.3, -0.25) is 9.59 Å². The van der Waals surface area contributed by atoms with Crippen LogP contribution in [0.25, 0.3) is 0 Å². The maximum Gasteiger partial charge on any atom is 0.303 e. The van der Waals surface area contributed by atoms with Crippen molar-refractivity contribution < 1.29 is 24.6 Å². The van der Waals surface area contributed by atoms with Crippen molar-refractivity contribution in [2.24, 2.45) is 0 Å². The number of aliphatic carboxylic acids is 2. The number of isocyanates is 1. The van der Waals surface area contributed by atoms with E-state index in [1.807, 2.05) is 0 Å².